The molecule has 1 aromatic heterocycles. The summed E-state index contributed by atoms with van der Waals surface area (Å²) >= 11 is 5.98. The first kappa shape index (κ1) is 15.4. The van der Waals surface area contributed by atoms with Crippen molar-refractivity contribution in [3.8, 4) is 17.2 Å². The van der Waals surface area contributed by atoms with Crippen LogP contribution in [0.25, 0.3) is 22.6 Å². The maximum absolute atomic E-state index is 9.75. The Balaban J connectivity index is 1.60. The number of nitrogens with zero attached hydrogens (tertiary/aromatic N) is 2. The summed E-state index contributed by atoms with van der Waals surface area (Å²) in [5.74, 6) is 0.738. The average molecular weight is 349 g/mol. The van der Waals surface area contributed by atoms with Crippen molar-refractivity contribution in [2.45, 2.75) is 0 Å². The first-order chi connectivity index (χ1) is 12.2. The topological polar surface area (TPSA) is 58.6 Å². The lowest BCUT2D eigenvalue weighted by Gasteiger charge is -1.98. The summed E-state index contributed by atoms with van der Waals surface area (Å²) in [5.41, 5.74) is 3.72. The average Bonchev–Trinajstić information content (AvgIpc) is 3.04. The summed E-state index contributed by atoms with van der Waals surface area (Å²) < 4.78 is 5.75. The number of hydrogen-bond donors (Lipinski definition) is 1. The van der Waals surface area contributed by atoms with Crippen LogP contribution in [0, 0.1) is 0 Å². The van der Waals surface area contributed by atoms with Gasteiger partial charge in [0.05, 0.1) is 5.69 Å². The van der Waals surface area contributed by atoms with Crippen molar-refractivity contribution in [3.63, 3.8) is 0 Å². The molecule has 3 aromatic carbocycles. The molecule has 1 N–H and O–H groups in total. The van der Waals surface area contributed by atoms with Crippen molar-refractivity contribution in [1.29, 1.82) is 0 Å². The van der Waals surface area contributed by atoms with Gasteiger partial charge >= 0.3 is 0 Å². The number of phenolic OH excluding ortho intramolecular Hbond substituents is 1. The molecule has 25 heavy (non-hydrogen) atoms. The normalized spacial score (nSPS) is 11.4. The summed E-state index contributed by atoms with van der Waals surface area (Å²) in [6.07, 6.45) is 1.63. The van der Waals surface area contributed by atoms with Gasteiger partial charge in [0, 0.05) is 22.4 Å². The first-order valence-corrected chi connectivity index (χ1v) is 8.05. The third kappa shape index (κ3) is 3.25. The molecular weight excluding hydrogens is 336 g/mol. The van der Waals surface area contributed by atoms with E-state index in [-0.39, 0.29) is 5.75 Å². The predicted octanol–water partition coefficient (Wildman–Crippen LogP) is 5.60. The molecule has 0 bridgehead atoms. The number of hydrogen-bond acceptors (Lipinski definition) is 4. The van der Waals surface area contributed by atoms with E-state index in [2.05, 4.69) is 9.98 Å². The van der Waals surface area contributed by atoms with Gasteiger partial charge in [0.2, 0.25) is 5.89 Å². The van der Waals surface area contributed by atoms with Gasteiger partial charge in [-0.05, 0) is 54.6 Å². The van der Waals surface area contributed by atoms with E-state index in [9.17, 15) is 5.11 Å². The number of benzene rings is 3. The van der Waals surface area contributed by atoms with Gasteiger partial charge in [0.25, 0.3) is 0 Å². The largest absolute Gasteiger partial charge is 0.507 e. The van der Waals surface area contributed by atoms with Crippen LogP contribution in [-0.4, -0.2) is 16.3 Å². The summed E-state index contributed by atoms with van der Waals surface area (Å²) in [7, 11) is 0. The minimum Gasteiger partial charge on any atom is -0.507 e. The molecule has 0 saturated heterocycles. The number of fused-ring (bicyclic) bond motifs is 1. The number of oxazole rings is 1. The van der Waals surface area contributed by atoms with Crippen molar-refractivity contribution >= 4 is 34.6 Å². The fourth-order valence-electron chi connectivity index (χ4n) is 2.45. The highest BCUT2D eigenvalue weighted by molar-refractivity contribution is 6.31. The van der Waals surface area contributed by atoms with E-state index in [1.54, 1.807) is 42.6 Å². The number of aromatic nitrogens is 1. The molecule has 1 heterocycles. The van der Waals surface area contributed by atoms with Crippen molar-refractivity contribution in [1.82, 2.24) is 4.98 Å². The lowest BCUT2D eigenvalue weighted by atomic mass is 10.2. The molecule has 0 aliphatic rings. The van der Waals surface area contributed by atoms with Gasteiger partial charge in [-0.3, -0.25) is 4.99 Å². The van der Waals surface area contributed by atoms with E-state index in [0.717, 1.165) is 16.8 Å². The molecule has 5 heteroatoms. The molecule has 4 rings (SSSR count). The van der Waals surface area contributed by atoms with Crippen molar-refractivity contribution in [2.24, 2.45) is 4.99 Å². The van der Waals surface area contributed by atoms with E-state index in [4.69, 9.17) is 16.0 Å². The smallest absolute Gasteiger partial charge is 0.227 e. The Kier molecular flexibility index (Phi) is 3.96. The van der Waals surface area contributed by atoms with Crippen molar-refractivity contribution < 1.29 is 9.52 Å². The molecule has 0 amide bonds. The highest BCUT2D eigenvalue weighted by Crippen LogP contribution is 2.27. The molecule has 0 spiro atoms. The van der Waals surface area contributed by atoms with Gasteiger partial charge in [0.1, 0.15) is 11.3 Å². The minimum absolute atomic E-state index is 0.202. The fourth-order valence-corrected chi connectivity index (χ4v) is 2.62. The van der Waals surface area contributed by atoms with Gasteiger partial charge in [0.15, 0.2) is 5.58 Å². The molecule has 4 aromatic rings. The number of para-hydroxylation sites is 1. The Morgan fingerprint density at radius 2 is 1.80 bits per heavy atom. The van der Waals surface area contributed by atoms with E-state index in [0.29, 0.717) is 22.1 Å². The van der Waals surface area contributed by atoms with Crippen LogP contribution in [-0.2, 0) is 0 Å². The van der Waals surface area contributed by atoms with Crippen LogP contribution in [0.15, 0.2) is 76.1 Å². The number of phenols is 1. The van der Waals surface area contributed by atoms with Gasteiger partial charge in [-0.1, -0.05) is 23.7 Å². The SMILES string of the molecule is Oc1ccccc1C=Nc1ccc(-c2nc3cc(Cl)ccc3o2)cc1. The Hall–Kier alpha value is -3.11. The van der Waals surface area contributed by atoms with Crippen LogP contribution in [0.1, 0.15) is 5.56 Å². The maximum atomic E-state index is 9.75. The molecule has 0 fully saturated rings. The van der Waals surface area contributed by atoms with Crippen molar-refractivity contribution in [2.75, 3.05) is 0 Å². The molecule has 0 atom stereocenters. The summed E-state index contributed by atoms with van der Waals surface area (Å²) in [4.78, 5) is 8.83. The van der Waals surface area contributed by atoms with E-state index >= 15 is 0 Å². The molecule has 0 radical (unpaired) electrons. The van der Waals surface area contributed by atoms with Crippen LogP contribution in [0.5, 0.6) is 5.75 Å². The first-order valence-electron chi connectivity index (χ1n) is 7.68. The minimum atomic E-state index is 0.202. The van der Waals surface area contributed by atoms with Crippen LogP contribution in [0.2, 0.25) is 5.02 Å². The number of aliphatic imine (C=N–C) groups is 1. The second kappa shape index (κ2) is 6.42. The highest BCUT2D eigenvalue weighted by atomic mass is 35.5. The zero-order valence-electron chi connectivity index (χ0n) is 13.1. The van der Waals surface area contributed by atoms with Gasteiger partial charge in [-0.15, -0.1) is 0 Å². The summed E-state index contributed by atoms with van der Waals surface area (Å²) in [6, 6.07) is 19.9. The number of halogens is 1. The Morgan fingerprint density at radius 1 is 1.00 bits per heavy atom. The monoisotopic (exact) mass is 348 g/mol. The van der Waals surface area contributed by atoms with Gasteiger partial charge in [-0.25, -0.2) is 4.98 Å². The Bertz CT molecular complexity index is 1070. The summed E-state index contributed by atoms with van der Waals surface area (Å²) in [6.45, 7) is 0. The molecule has 4 nitrogen and oxygen atoms in total. The maximum Gasteiger partial charge on any atom is 0.227 e. The quantitative estimate of drug-likeness (QED) is 0.490. The van der Waals surface area contributed by atoms with Gasteiger partial charge < -0.3 is 9.52 Å². The molecule has 0 saturated carbocycles. The fraction of sp³-hybridized carbons (Fsp3) is 0. The lowest BCUT2D eigenvalue weighted by Crippen LogP contribution is -1.81. The van der Waals surface area contributed by atoms with Crippen LogP contribution in [0.4, 0.5) is 5.69 Å². The predicted molar refractivity (Wildman–Crippen MR) is 99.8 cm³/mol. The molecule has 0 unspecified atom stereocenters. The molecule has 0 aliphatic heterocycles. The Labute approximate surface area is 149 Å². The zero-order valence-corrected chi connectivity index (χ0v) is 13.8. The molecular formula is C20H13ClN2O2. The zero-order chi connectivity index (χ0) is 17.2. The third-order valence-corrected chi connectivity index (χ3v) is 3.99. The highest BCUT2D eigenvalue weighted by Gasteiger charge is 2.08. The van der Waals surface area contributed by atoms with Crippen molar-refractivity contribution in [3.05, 3.63) is 77.3 Å². The lowest BCUT2D eigenvalue weighted by molar-refractivity contribution is 0.474. The summed E-state index contributed by atoms with van der Waals surface area (Å²) in [5, 5.41) is 10.4. The number of aromatic hydroxyl groups is 1. The number of rotatable bonds is 3. The second-order valence-electron chi connectivity index (χ2n) is 5.49. The third-order valence-electron chi connectivity index (χ3n) is 3.75. The standard InChI is InChI=1S/C20H13ClN2O2/c21-15-7-10-19-17(11-15)23-20(25-19)13-5-8-16(9-6-13)22-12-14-3-1-2-4-18(14)24/h1-12,24H. The van der Waals surface area contributed by atoms with E-state index < -0.39 is 0 Å². The van der Waals surface area contributed by atoms with E-state index in [1.807, 2.05) is 30.3 Å². The van der Waals surface area contributed by atoms with Crippen LogP contribution in [0.3, 0.4) is 0 Å². The van der Waals surface area contributed by atoms with Crippen LogP contribution >= 0.6 is 11.6 Å². The Morgan fingerprint density at radius 3 is 2.60 bits per heavy atom. The second-order valence-corrected chi connectivity index (χ2v) is 5.93. The van der Waals surface area contributed by atoms with E-state index in [1.165, 1.54) is 0 Å². The van der Waals surface area contributed by atoms with Gasteiger partial charge in [-0.2, -0.15) is 0 Å². The molecule has 0 aliphatic carbocycles. The van der Waals surface area contributed by atoms with Crippen LogP contribution < -0.4 is 0 Å². The molecule has 122 valence electrons.